The lowest BCUT2D eigenvalue weighted by Crippen LogP contribution is -2.30. The van der Waals surface area contributed by atoms with Crippen molar-refractivity contribution in [1.29, 1.82) is 0 Å². The van der Waals surface area contributed by atoms with Crippen LogP contribution in [0.1, 0.15) is 342 Å². The largest absolute Gasteiger partial charge is 0.462 e. The van der Waals surface area contributed by atoms with Gasteiger partial charge in [-0.15, -0.1) is 0 Å². The lowest BCUT2D eigenvalue weighted by atomic mass is 10.0. The summed E-state index contributed by atoms with van der Waals surface area (Å²) in [6.07, 6.45) is 89.0. The van der Waals surface area contributed by atoms with Crippen LogP contribution in [0.4, 0.5) is 0 Å². The Hall–Kier alpha value is -3.41. The molecule has 0 amide bonds. The number of ether oxygens (including phenoxy) is 3. The number of esters is 3. The topological polar surface area (TPSA) is 78.9 Å². The third-order valence-electron chi connectivity index (χ3n) is 14.9. The molecule has 0 aliphatic rings. The Morgan fingerprint density at radius 1 is 0.266 bits per heavy atom. The molecule has 456 valence electrons. The predicted octanol–water partition coefficient (Wildman–Crippen LogP) is 23.4. The number of carbonyl (C=O) groups excluding carboxylic acids is 3. The fraction of sp³-hybridized carbons (Fsp3) is 0.767. The number of rotatable bonds is 62. The minimum atomic E-state index is -0.786. The van der Waals surface area contributed by atoms with Crippen molar-refractivity contribution in [2.75, 3.05) is 13.2 Å². The second kappa shape index (κ2) is 67.1. The molecule has 0 aliphatic carbocycles. The molecule has 0 saturated heterocycles. The van der Waals surface area contributed by atoms with Crippen LogP contribution < -0.4 is 0 Å². The van der Waals surface area contributed by atoms with Crippen LogP contribution in [0, 0.1) is 0 Å². The molecule has 0 heterocycles. The van der Waals surface area contributed by atoms with Crippen molar-refractivity contribution in [3.05, 3.63) is 85.1 Å². The van der Waals surface area contributed by atoms with E-state index in [-0.39, 0.29) is 31.1 Å². The molecule has 79 heavy (non-hydrogen) atoms. The molecule has 1 atom stereocenters. The van der Waals surface area contributed by atoms with Crippen molar-refractivity contribution in [1.82, 2.24) is 0 Å². The van der Waals surface area contributed by atoms with Crippen LogP contribution in [0.25, 0.3) is 0 Å². The molecular formula is C73H128O6. The van der Waals surface area contributed by atoms with Crippen LogP contribution in [-0.4, -0.2) is 37.2 Å². The maximum Gasteiger partial charge on any atom is 0.306 e. The Balaban J connectivity index is 4.26. The number of hydrogen-bond donors (Lipinski definition) is 0. The Morgan fingerprint density at radius 3 is 0.823 bits per heavy atom. The van der Waals surface area contributed by atoms with E-state index >= 15 is 0 Å². The van der Waals surface area contributed by atoms with Gasteiger partial charge in [0, 0.05) is 19.3 Å². The van der Waals surface area contributed by atoms with Gasteiger partial charge in [0.2, 0.25) is 0 Å². The van der Waals surface area contributed by atoms with Crippen LogP contribution in [0.15, 0.2) is 85.1 Å². The van der Waals surface area contributed by atoms with Crippen LogP contribution in [0.5, 0.6) is 0 Å². The fourth-order valence-electron chi connectivity index (χ4n) is 9.78. The predicted molar refractivity (Wildman–Crippen MR) is 344 cm³/mol. The van der Waals surface area contributed by atoms with Gasteiger partial charge in [-0.05, 0) is 89.9 Å². The Labute approximate surface area is 490 Å². The summed E-state index contributed by atoms with van der Waals surface area (Å²) in [5.41, 5.74) is 0. The van der Waals surface area contributed by atoms with Gasteiger partial charge in [0.05, 0.1) is 0 Å². The quantitative estimate of drug-likeness (QED) is 0.0261. The monoisotopic (exact) mass is 1100 g/mol. The van der Waals surface area contributed by atoms with E-state index in [1.807, 2.05) is 0 Å². The summed E-state index contributed by atoms with van der Waals surface area (Å²) in [5, 5.41) is 0. The summed E-state index contributed by atoms with van der Waals surface area (Å²) in [6.45, 7) is 6.51. The van der Waals surface area contributed by atoms with Gasteiger partial charge >= 0.3 is 17.9 Å². The van der Waals surface area contributed by atoms with Crippen molar-refractivity contribution in [2.45, 2.75) is 348 Å². The van der Waals surface area contributed by atoms with E-state index in [0.29, 0.717) is 19.3 Å². The van der Waals surface area contributed by atoms with Crippen molar-refractivity contribution < 1.29 is 28.6 Å². The molecule has 0 aromatic carbocycles. The highest BCUT2D eigenvalue weighted by Crippen LogP contribution is 2.18. The van der Waals surface area contributed by atoms with E-state index < -0.39 is 6.10 Å². The molecule has 0 spiro atoms. The van der Waals surface area contributed by atoms with Crippen LogP contribution in [-0.2, 0) is 28.6 Å². The zero-order chi connectivity index (χ0) is 57.1. The molecular weight excluding hydrogens is 973 g/mol. The fourth-order valence-corrected chi connectivity index (χ4v) is 9.78. The highest BCUT2D eigenvalue weighted by Gasteiger charge is 2.19. The zero-order valence-electron chi connectivity index (χ0n) is 52.4. The first-order valence-electron chi connectivity index (χ1n) is 34.1. The molecule has 0 aromatic rings. The SMILES string of the molecule is CC/C=C\C/C=C\C/C=C\C/C=C\C/C=C\C/C=C\CCCCCCCCC(=O)OCC(COC(=O)CCCCCCC/C=C\CCCC)OC(=O)CCCCCCCCCCCCCCCCCCCCCCCCCCC. The smallest absolute Gasteiger partial charge is 0.306 e. The average molecular weight is 1100 g/mol. The number of carbonyl (C=O) groups is 3. The molecule has 0 rings (SSSR count). The van der Waals surface area contributed by atoms with E-state index in [9.17, 15) is 14.4 Å². The minimum Gasteiger partial charge on any atom is -0.462 e. The maximum absolute atomic E-state index is 12.9. The lowest BCUT2D eigenvalue weighted by Gasteiger charge is -2.18. The third kappa shape index (κ3) is 65.3. The second-order valence-corrected chi connectivity index (χ2v) is 22.7. The van der Waals surface area contributed by atoms with Gasteiger partial charge in [-0.3, -0.25) is 14.4 Å². The van der Waals surface area contributed by atoms with Crippen LogP contribution in [0.2, 0.25) is 0 Å². The summed E-state index contributed by atoms with van der Waals surface area (Å²) in [4.78, 5) is 38.3. The van der Waals surface area contributed by atoms with Gasteiger partial charge in [-0.25, -0.2) is 0 Å². The number of unbranched alkanes of at least 4 members (excludes halogenated alkanes) is 37. The van der Waals surface area contributed by atoms with Gasteiger partial charge in [0.1, 0.15) is 13.2 Å². The van der Waals surface area contributed by atoms with E-state index in [1.165, 1.54) is 186 Å². The normalized spacial score (nSPS) is 12.6. The molecule has 0 aliphatic heterocycles. The van der Waals surface area contributed by atoms with Crippen LogP contribution >= 0.6 is 0 Å². The van der Waals surface area contributed by atoms with Crippen molar-refractivity contribution in [3.8, 4) is 0 Å². The second-order valence-electron chi connectivity index (χ2n) is 22.7. The maximum atomic E-state index is 12.9. The molecule has 0 N–H and O–H groups in total. The Bertz CT molecular complexity index is 1500. The van der Waals surface area contributed by atoms with Gasteiger partial charge < -0.3 is 14.2 Å². The van der Waals surface area contributed by atoms with Gasteiger partial charge in [-0.1, -0.05) is 318 Å². The van der Waals surface area contributed by atoms with E-state index in [1.54, 1.807) is 0 Å². The zero-order valence-corrected chi connectivity index (χ0v) is 52.4. The first kappa shape index (κ1) is 75.6. The van der Waals surface area contributed by atoms with Gasteiger partial charge in [0.15, 0.2) is 6.10 Å². The standard InChI is InChI=1S/C73H128O6/c1-4-7-10-13-16-19-22-24-26-28-30-32-34-36-38-40-42-44-46-48-51-54-57-60-63-66-72(75)78-69-70(68-77-71(74)65-62-59-56-53-50-21-18-15-12-9-6-3)79-73(76)67-64-61-58-55-52-49-47-45-43-41-39-37-35-33-31-29-27-25-23-20-17-14-11-8-5-2/h7,10,15-16,18-19,24,26,30,32,36,38,42,44,70H,4-6,8-9,11-14,17,20-23,25,27-29,31,33-35,37,39-41,43,45-69H2,1-3H3/b10-7-,18-15-,19-16-,26-24-,32-30-,38-36-,44-42-. The van der Waals surface area contributed by atoms with Crippen molar-refractivity contribution in [3.63, 3.8) is 0 Å². The minimum absolute atomic E-state index is 0.0831. The van der Waals surface area contributed by atoms with E-state index in [0.717, 1.165) is 116 Å². The Morgan fingerprint density at radius 2 is 0.506 bits per heavy atom. The summed E-state index contributed by atoms with van der Waals surface area (Å²) in [7, 11) is 0. The van der Waals surface area contributed by atoms with E-state index in [2.05, 4.69) is 106 Å². The summed E-state index contributed by atoms with van der Waals surface area (Å²) < 4.78 is 16.9. The highest BCUT2D eigenvalue weighted by molar-refractivity contribution is 5.71. The van der Waals surface area contributed by atoms with Crippen molar-refractivity contribution >= 4 is 17.9 Å². The summed E-state index contributed by atoms with van der Waals surface area (Å²) in [6, 6.07) is 0. The van der Waals surface area contributed by atoms with Crippen molar-refractivity contribution in [2.24, 2.45) is 0 Å². The summed E-state index contributed by atoms with van der Waals surface area (Å²) >= 11 is 0. The Kier molecular flexibility index (Phi) is 64.2. The van der Waals surface area contributed by atoms with Gasteiger partial charge in [0.25, 0.3) is 0 Å². The molecule has 6 heteroatoms. The number of allylic oxidation sites excluding steroid dienone is 14. The molecule has 6 nitrogen and oxygen atoms in total. The lowest BCUT2D eigenvalue weighted by molar-refractivity contribution is -0.167. The molecule has 1 unspecified atom stereocenters. The van der Waals surface area contributed by atoms with E-state index in [4.69, 9.17) is 14.2 Å². The molecule has 0 radical (unpaired) electrons. The third-order valence-corrected chi connectivity index (χ3v) is 14.9. The van der Waals surface area contributed by atoms with Gasteiger partial charge in [-0.2, -0.15) is 0 Å². The first-order chi connectivity index (χ1) is 39.0. The molecule has 0 bridgehead atoms. The summed E-state index contributed by atoms with van der Waals surface area (Å²) in [5.74, 6) is -0.891. The highest BCUT2D eigenvalue weighted by atomic mass is 16.6. The molecule has 0 aromatic heterocycles. The first-order valence-corrected chi connectivity index (χ1v) is 34.1. The number of hydrogen-bond acceptors (Lipinski definition) is 6. The average Bonchev–Trinajstić information content (AvgIpc) is 3.45. The molecule has 0 saturated carbocycles. The van der Waals surface area contributed by atoms with Crippen LogP contribution in [0.3, 0.4) is 0 Å². The molecule has 0 fully saturated rings.